The van der Waals surface area contributed by atoms with Gasteiger partial charge in [0.2, 0.25) is 5.91 Å². The number of carbonyl (C=O) groups is 2. The van der Waals surface area contributed by atoms with E-state index in [1.54, 1.807) is 43.5 Å². The zero-order valence-corrected chi connectivity index (χ0v) is 16.2. The summed E-state index contributed by atoms with van der Waals surface area (Å²) in [7, 11) is 3.07. The van der Waals surface area contributed by atoms with Crippen molar-refractivity contribution in [3.8, 4) is 17.2 Å². The van der Waals surface area contributed by atoms with E-state index in [0.717, 1.165) is 0 Å². The molecule has 148 valence electrons. The number of rotatable bonds is 4. The van der Waals surface area contributed by atoms with Gasteiger partial charge in [0.15, 0.2) is 0 Å². The van der Waals surface area contributed by atoms with Crippen LogP contribution in [0.1, 0.15) is 13.8 Å². The van der Waals surface area contributed by atoms with Gasteiger partial charge in [-0.3, -0.25) is 4.79 Å². The van der Waals surface area contributed by atoms with E-state index in [4.69, 9.17) is 14.2 Å². The molecule has 28 heavy (non-hydrogen) atoms. The lowest BCUT2D eigenvalue weighted by molar-refractivity contribution is -0.124. The van der Waals surface area contributed by atoms with E-state index >= 15 is 0 Å². The molecule has 0 unspecified atom stereocenters. The van der Waals surface area contributed by atoms with Gasteiger partial charge in [-0.05, 0) is 38.1 Å². The van der Waals surface area contributed by atoms with Gasteiger partial charge in [-0.25, -0.2) is 4.79 Å². The minimum atomic E-state index is -0.644. The van der Waals surface area contributed by atoms with E-state index in [9.17, 15) is 9.59 Å². The topological polar surface area (TPSA) is 97.9 Å². The van der Waals surface area contributed by atoms with Crippen LogP contribution in [0.2, 0.25) is 0 Å². The van der Waals surface area contributed by atoms with Crippen molar-refractivity contribution >= 4 is 29.0 Å². The third-order valence-electron chi connectivity index (χ3n) is 4.35. The maximum Gasteiger partial charge on any atom is 0.323 e. The first-order valence-electron chi connectivity index (χ1n) is 8.71. The standard InChI is InChI=1S/C20H23N3O5/c1-20(2)11-28-17-9-12(5-7-15(17)22-18(20)24)21-19(25)23-14-8-6-13(26-3)10-16(14)27-4/h5-10H,11H2,1-4H3,(H,22,24)(H2,21,23,25). The summed E-state index contributed by atoms with van der Waals surface area (Å²) >= 11 is 0. The smallest absolute Gasteiger partial charge is 0.323 e. The Morgan fingerprint density at radius 1 is 1.11 bits per heavy atom. The molecule has 0 saturated heterocycles. The Morgan fingerprint density at radius 3 is 2.61 bits per heavy atom. The Bertz CT molecular complexity index is 911. The third-order valence-corrected chi connectivity index (χ3v) is 4.35. The van der Waals surface area contributed by atoms with Gasteiger partial charge in [0.05, 0.1) is 31.0 Å². The van der Waals surface area contributed by atoms with Gasteiger partial charge in [-0.15, -0.1) is 0 Å². The second kappa shape index (κ2) is 7.67. The van der Waals surface area contributed by atoms with E-state index in [1.807, 2.05) is 13.8 Å². The van der Waals surface area contributed by atoms with Crippen LogP contribution in [0.4, 0.5) is 21.9 Å². The molecule has 0 aliphatic carbocycles. The number of carbonyl (C=O) groups excluding carboxylic acids is 2. The van der Waals surface area contributed by atoms with Crippen LogP contribution in [-0.4, -0.2) is 32.8 Å². The van der Waals surface area contributed by atoms with Crippen LogP contribution in [0.5, 0.6) is 17.2 Å². The van der Waals surface area contributed by atoms with Crippen LogP contribution in [0.3, 0.4) is 0 Å². The molecule has 8 nitrogen and oxygen atoms in total. The molecule has 0 atom stereocenters. The van der Waals surface area contributed by atoms with Crippen molar-refractivity contribution in [1.82, 2.24) is 0 Å². The maximum absolute atomic E-state index is 12.4. The van der Waals surface area contributed by atoms with Crippen molar-refractivity contribution in [2.24, 2.45) is 5.41 Å². The number of ether oxygens (including phenoxy) is 3. The summed E-state index contributed by atoms with van der Waals surface area (Å²) in [6, 6.07) is 9.69. The fourth-order valence-corrected chi connectivity index (χ4v) is 2.62. The number of anilines is 3. The van der Waals surface area contributed by atoms with Crippen molar-refractivity contribution in [3.63, 3.8) is 0 Å². The van der Waals surface area contributed by atoms with Crippen LogP contribution >= 0.6 is 0 Å². The molecule has 1 heterocycles. The lowest BCUT2D eigenvalue weighted by atomic mass is 9.94. The van der Waals surface area contributed by atoms with Crippen molar-refractivity contribution < 1.29 is 23.8 Å². The van der Waals surface area contributed by atoms with Crippen LogP contribution in [0.25, 0.3) is 0 Å². The summed E-state index contributed by atoms with van der Waals surface area (Å²) in [5.74, 6) is 1.48. The fraction of sp³-hybridized carbons (Fsp3) is 0.300. The molecule has 3 amide bonds. The molecule has 0 radical (unpaired) electrons. The van der Waals surface area contributed by atoms with Crippen LogP contribution in [0, 0.1) is 5.41 Å². The summed E-state index contributed by atoms with van der Waals surface area (Å²) in [5.41, 5.74) is 0.950. The number of methoxy groups -OCH3 is 2. The number of fused-ring (bicyclic) bond motifs is 1. The SMILES string of the molecule is COc1ccc(NC(=O)Nc2ccc3c(c2)OCC(C)(C)C(=O)N3)c(OC)c1. The number of nitrogens with one attached hydrogen (secondary N) is 3. The highest BCUT2D eigenvalue weighted by molar-refractivity contribution is 6.02. The summed E-state index contributed by atoms with van der Waals surface area (Å²) in [6.45, 7) is 3.86. The van der Waals surface area contributed by atoms with Crippen LogP contribution in [0.15, 0.2) is 36.4 Å². The molecule has 1 aliphatic heterocycles. The van der Waals surface area contributed by atoms with Crippen molar-refractivity contribution in [3.05, 3.63) is 36.4 Å². The molecule has 3 rings (SSSR count). The van der Waals surface area contributed by atoms with Gasteiger partial charge in [0.25, 0.3) is 0 Å². The minimum Gasteiger partial charge on any atom is -0.497 e. The van der Waals surface area contributed by atoms with Crippen LogP contribution < -0.4 is 30.2 Å². The van der Waals surface area contributed by atoms with E-state index in [1.165, 1.54) is 7.11 Å². The van der Waals surface area contributed by atoms with Gasteiger partial charge < -0.3 is 30.2 Å². The molecule has 3 N–H and O–H groups in total. The summed E-state index contributed by atoms with van der Waals surface area (Å²) in [4.78, 5) is 24.6. The molecule has 0 saturated carbocycles. The fourth-order valence-electron chi connectivity index (χ4n) is 2.62. The van der Waals surface area contributed by atoms with Crippen molar-refractivity contribution in [2.45, 2.75) is 13.8 Å². The lowest BCUT2D eigenvalue weighted by Crippen LogP contribution is -2.33. The number of benzene rings is 2. The van der Waals surface area contributed by atoms with Gasteiger partial charge in [-0.1, -0.05) is 0 Å². The van der Waals surface area contributed by atoms with E-state index < -0.39 is 11.4 Å². The molecule has 8 heteroatoms. The number of amides is 3. The minimum absolute atomic E-state index is 0.115. The third kappa shape index (κ3) is 4.11. The van der Waals surface area contributed by atoms with E-state index in [2.05, 4.69) is 16.0 Å². The largest absolute Gasteiger partial charge is 0.497 e. The second-order valence-corrected chi connectivity index (χ2v) is 6.98. The highest BCUT2D eigenvalue weighted by Crippen LogP contribution is 2.34. The molecule has 0 aromatic heterocycles. The molecule has 0 bridgehead atoms. The van der Waals surface area contributed by atoms with E-state index in [-0.39, 0.29) is 12.5 Å². The van der Waals surface area contributed by atoms with Gasteiger partial charge in [0.1, 0.15) is 23.9 Å². The molecular weight excluding hydrogens is 362 g/mol. The molecule has 0 fully saturated rings. The molecule has 2 aromatic carbocycles. The summed E-state index contributed by atoms with van der Waals surface area (Å²) in [6.07, 6.45) is 0. The Balaban J connectivity index is 1.72. The maximum atomic E-state index is 12.4. The highest BCUT2D eigenvalue weighted by Gasteiger charge is 2.32. The predicted octanol–water partition coefficient (Wildman–Crippen LogP) is 3.70. The predicted molar refractivity (Wildman–Crippen MR) is 107 cm³/mol. The Hall–Kier alpha value is -3.42. The van der Waals surface area contributed by atoms with Crippen molar-refractivity contribution in [2.75, 3.05) is 36.8 Å². The first-order chi connectivity index (χ1) is 13.3. The number of hydrogen-bond acceptors (Lipinski definition) is 5. The first kappa shape index (κ1) is 19.3. The molecule has 0 spiro atoms. The lowest BCUT2D eigenvalue weighted by Gasteiger charge is -2.18. The monoisotopic (exact) mass is 385 g/mol. The molecule has 1 aliphatic rings. The van der Waals surface area contributed by atoms with Gasteiger partial charge in [-0.2, -0.15) is 0 Å². The summed E-state index contributed by atoms with van der Waals surface area (Å²) < 4.78 is 16.2. The summed E-state index contributed by atoms with van der Waals surface area (Å²) in [5, 5.41) is 8.31. The van der Waals surface area contributed by atoms with E-state index in [0.29, 0.717) is 34.3 Å². The quantitative estimate of drug-likeness (QED) is 0.745. The Labute approximate surface area is 163 Å². The highest BCUT2D eigenvalue weighted by atomic mass is 16.5. The van der Waals surface area contributed by atoms with Crippen LogP contribution in [-0.2, 0) is 4.79 Å². The number of urea groups is 1. The average Bonchev–Trinajstić information content (AvgIpc) is 2.78. The Kier molecular flexibility index (Phi) is 5.30. The zero-order chi connectivity index (χ0) is 20.3. The Morgan fingerprint density at radius 2 is 1.89 bits per heavy atom. The average molecular weight is 385 g/mol. The second-order valence-electron chi connectivity index (χ2n) is 6.98. The first-order valence-corrected chi connectivity index (χ1v) is 8.71. The van der Waals surface area contributed by atoms with Gasteiger partial charge >= 0.3 is 6.03 Å². The zero-order valence-electron chi connectivity index (χ0n) is 16.2. The molecule has 2 aromatic rings. The normalized spacial score (nSPS) is 14.6. The molecular formula is C20H23N3O5. The van der Waals surface area contributed by atoms with Gasteiger partial charge in [0, 0.05) is 17.8 Å². The number of hydrogen-bond donors (Lipinski definition) is 3. The van der Waals surface area contributed by atoms with Crippen molar-refractivity contribution in [1.29, 1.82) is 0 Å².